The van der Waals surface area contributed by atoms with Gasteiger partial charge in [-0.25, -0.2) is 19.6 Å². The molecule has 0 aliphatic carbocycles. The molecule has 3 rings (SSSR count). The van der Waals surface area contributed by atoms with Crippen molar-refractivity contribution in [3.8, 4) is 11.3 Å². The molecular weight excluding hydrogens is 353 g/mol. The van der Waals surface area contributed by atoms with Gasteiger partial charge in [-0.05, 0) is 30.3 Å². The van der Waals surface area contributed by atoms with Crippen LogP contribution in [-0.4, -0.2) is 32.1 Å². The number of aromatic nitrogens is 2. The van der Waals surface area contributed by atoms with Crippen molar-refractivity contribution < 1.29 is 33.0 Å². The standard InChI is InChI=1S/C17H9F3N2O4/c18-17(19,20)10-5-6-11-12(7-10)22-13(14(21-11)16(25)26)8-1-3-9(4-2-8)15(23)24/h1-7H,(H,23,24)(H,25,26). The van der Waals surface area contributed by atoms with Crippen LogP contribution in [0.25, 0.3) is 22.3 Å². The van der Waals surface area contributed by atoms with Crippen molar-refractivity contribution in [2.45, 2.75) is 6.18 Å². The molecule has 132 valence electrons. The molecular formula is C17H9F3N2O4. The maximum atomic E-state index is 12.9. The van der Waals surface area contributed by atoms with Crippen molar-refractivity contribution in [3.05, 3.63) is 59.3 Å². The highest BCUT2D eigenvalue weighted by Crippen LogP contribution is 2.32. The van der Waals surface area contributed by atoms with E-state index in [2.05, 4.69) is 9.97 Å². The fourth-order valence-corrected chi connectivity index (χ4v) is 2.35. The van der Waals surface area contributed by atoms with Crippen molar-refractivity contribution in [2.24, 2.45) is 0 Å². The lowest BCUT2D eigenvalue weighted by Crippen LogP contribution is -2.08. The summed E-state index contributed by atoms with van der Waals surface area (Å²) in [6, 6.07) is 7.74. The summed E-state index contributed by atoms with van der Waals surface area (Å²) in [7, 11) is 0. The lowest BCUT2D eigenvalue weighted by Gasteiger charge is -2.10. The van der Waals surface area contributed by atoms with Crippen LogP contribution in [0.5, 0.6) is 0 Å². The van der Waals surface area contributed by atoms with Gasteiger partial charge in [0.15, 0.2) is 5.69 Å². The molecule has 0 spiro atoms. The Labute approximate surface area is 143 Å². The smallest absolute Gasteiger partial charge is 0.416 e. The molecule has 0 fully saturated rings. The maximum Gasteiger partial charge on any atom is 0.416 e. The predicted octanol–water partition coefficient (Wildman–Crippen LogP) is 3.71. The van der Waals surface area contributed by atoms with Crippen molar-refractivity contribution in [1.29, 1.82) is 0 Å². The largest absolute Gasteiger partial charge is 0.478 e. The van der Waals surface area contributed by atoms with Gasteiger partial charge in [0.1, 0.15) is 5.69 Å². The van der Waals surface area contributed by atoms with Crippen molar-refractivity contribution in [3.63, 3.8) is 0 Å². The van der Waals surface area contributed by atoms with Gasteiger partial charge in [0.05, 0.1) is 22.2 Å². The summed E-state index contributed by atoms with van der Waals surface area (Å²) in [5.74, 6) is -2.58. The highest BCUT2D eigenvalue weighted by atomic mass is 19.4. The van der Waals surface area contributed by atoms with E-state index in [1.165, 1.54) is 24.3 Å². The first-order valence-electron chi connectivity index (χ1n) is 7.13. The Morgan fingerprint density at radius 1 is 0.846 bits per heavy atom. The maximum absolute atomic E-state index is 12.9. The third kappa shape index (κ3) is 3.18. The van der Waals surface area contributed by atoms with Crippen LogP contribution < -0.4 is 0 Å². The zero-order chi connectivity index (χ0) is 19.1. The van der Waals surface area contributed by atoms with E-state index in [4.69, 9.17) is 5.11 Å². The Hall–Kier alpha value is -3.49. The molecule has 0 bridgehead atoms. The molecule has 3 aromatic rings. The molecule has 2 N–H and O–H groups in total. The highest BCUT2D eigenvalue weighted by molar-refractivity contribution is 5.96. The molecule has 0 aliphatic heterocycles. The van der Waals surface area contributed by atoms with E-state index in [1.54, 1.807) is 0 Å². The zero-order valence-corrected chi connectivity index (χ0v) is 12.8. The van der Waals surface area contributed by atoms with Gasteiger partial charge in [-0.3, -0.25) is 0 Å². The van der Waals surface area contributed by atoms with Gasteiger partial charge in [-0.2, -0.15) is 13.2 Å². The van der Waals surface area contributed by atoms with Crippen molar-refractivity contribution in [2.75, 3.05) is 0 Å². The quantitative estimate of drug-likeness (QED) is 0.737. The van der Waals surface area contributed by atoms with Gasteiger partial charge in [0, 0.05) is 5.56 Å². The molecule has 26 heavy (non-hydrogen) atoms. The Bertz CT molecular complexity index is 1030. The fourth-order valence-electron chi connectivity index (χ4n) is 2.35. The normalized spacial score (nSPS) is 11.5. The second kappa shape index (κ2) is 6.10. The number of carbonyl (C=O) groups is 2. The fraction of sp³-hybridized carbons (Fsp3) is 0.0588. The Morgan fingerprint density at radius 3 is 2.04 bits per heavy atom. The molecule has 2 aromatic carbocycles. The average molecular weight is 362 g/mol. The summed E-state index contributed by atoms with van der Waals surface area (Å²) >= 11 is 0. The number of benzene rings is 2. The number of rotatable bonds is 3. The minimum Gasteiger partial charge on any atom is -0.478 e. The molecule has 0 atom stereocenters. The number of fused-ring (bicyclic) bond motifs is 1. The molecule has 0 unspecified atom stereocenters. The van der Waals surface area contributed by atoms with E-state index in [1.807, 2.05) is 0 Å². The van der Waals surface area contributed by atoms with Gasteiger partial charge in [-0.1, -0.05) is 12.1 Å². The first-order chi connectivity index (χ1) is 12.2. The molecule has 0 saturated heterocycles. The van der Waals surface area contributed by atoms with Crippen molar-refractivity contribution in [1.82, 2.24) is 9.97 Å². The van der Waals surface area contributed by atoms with Crippen LogP contribution in [0, 0.1) is 0 Å². The Balaban J connectivity index is 2.22. The van der Waals surface area contributed by atoms with Crippen LogP contribution in [0.15, 0.2) is 42.5 Å². The summed E-state index contributed by atoms with van der Waals surface area (Å²) in [4.78, 5) is 30.3. The molecule has 1 aromatic heterocycles. The lowest BCUT2D eigenvalue weighted by molar-refractivity contribution is -0.137. The number of hydrogen-bond donors (Lipinski definition) is 2. The van der Waals surface area contributed by atoms with E-state index in [-0.39, 0.29) is 27.9 Å². The van der Waals surface area contributed by atoms with Crippen molar-refractivity contribution >= 4 is 23.0 Å². The topological polar surface area (TPSA) is 100 Å². The first-order valence-corrected chi connectivity index (χ1v) is 7.13. The SMILES string of the molecule is O=C(O)c1ccc(-c2nc3cc(C(F)(F)F)ccc3nc2C(=O)O)cc1. The zero-order valence-electron chi connectivity index (χ0n) is 12.8. The number of nitrogens with zero attached hydrogens (tertiary/aromatic N) is 2. The van der Waals surface area contributed by atoms with Crippen LogP contribution in [0.1, 0.15) is 26.4 Å². The number of alkyl halides is 3. The van der Waals surface area contributed by atoms with Crippen LogP contribution in [-0.2, 0) is 6.18 Å². The number of carboxylic acids is 2. The van der Waals surface area contributed by atoms with E-state index in [0.29, 0.717) is 0 Å². The van der Waals surface area contributed by atoms with E-state index >= 15 is 0 Å². The Morgan fingerprint density at radius 2 is 1.50 bits per heavy atom. The first kappa shape index (κ1) is 17.3. The average Bonchev–Trinajstić information content (AvgIpc) is 2.59. The number of hydrogen-bond acceptors (Lipinski definition) is 4. The summed E-state index contributed by atoms with van der Waals surface area (Å²) in [5, 5.41) is 18.2. The van der Waals surface area contributed by atoms with E-state index < -0.39 is 29.4 Å². The van der Waals surface area contributed by atoms with E-state index in [9.17, 15) is 27.9 Å². The molecule has 0 amide bonds. The van der Waals surface area contributed by atoms with E-state index in [0.717, 1.165) is 18.2 Å². The number of carboxylic acid groups (broad SMARTS) is 2. The predicted molar refractivity (Wildman–Crippen MR) is 83.9 cm³/mol. The molecule has 0 aliphatic rings. The molecule has 1 heterocycles. The molecule has 9 heteroatoms. The number of halogens is 3. The summed E-state index contributed by atoms with van der Waals surface area (Å²) < 4.78 is 38.6. The summed E-state index contributed by atoms with van der Waals surface area (Å²) in [5.41, 5.74) is -1.46. The van der Waals surface area contributed by atoms with Crippen LogP contribution in [0.4, 0.5) is 13.2 Å². The second-order valence-corrected chi connectivity index (χ2v) is 5.31. The number of aromatic carboxylic acids is 2. The summed E-state index contributed by atoms with van der Waals surface area (Å²) in [6.45, 7) is 0. The summed E-state index contributed by atoms with van der Waals surface area (Å²) in [6.07, 6.45) is -4.58. The van der Waals surface area contributed by atoms with Gasteiger partial charge >= 0.3 is 18.1 Å². The van der Waals surface area contributed by atoms with Crippen LogP contribution in [0.2, 0.25) is 0 Å². The molecule has 0 radical (unpaired) electrons. The Kier molecular flexibility index (Phi) is 4.07. The highest BCUT2D eigenvalue weighted by Gasteiger charge is 2.31. The van der Waals surface area contributed by atoms with Gasteiger partial charge < -0.3 is 10.2 Å². The molecule has 6 nitrogen and oxygen atoms in total. The van der Waals surface area contributed by atoms with Gasteiger partial charge in [0.25, 0.3) is 0 Å². The van der Waals surface area contributed by atoms with Crippen LogP contribution in [0.3, 0.4) is 0 Å². The monoisotopic (exact) mass is 362 g/mol. The third-order valence-electron chi connectivity index (χ3n) is 3.60. The van der Waals surface area contributed by atoms with Crippen LogP contribution >= 0.6 is 0 Å². The van der Waals surface area contributed by atoms with Gasteiger partial charge in [0.2, 0.25) is 0 Å². The lowest BCUT2D eigenvalue weighted by atomic mass is 10.1. The van der Waals surface area contributed by atoms with Gasteiger partial charge in [-0.15, -0.1) is 0 Å². The minimum atomic E-state index is -4.58. The minimum absolute atomic E-state index is 0.00121. The molecule has 0 saturated carbocycles. The second-order valence-electron chi connectivity index (χ2n) is 5.31. The third-order valence-corrected chi connectivity index (χ3v) is 3.60.